The number of ketones is 1. The van der Waals surface area contributed by atoms with Crippen molar-refractivity contribution in [2.24, 2.45) is 0 Å². The Hall–Kier alpha value is -3.71. The molecule has 0 N–H and O–H groups in total. The smallest absolute Gasteiger partial charge is 0.305 e. The highest BCUT2D eigenvalue weighted by atomic mass is 31.2. The van der Waals surface area contributed by atoms with Crippen molar-refractivity contribution < 1.29 is 23.3 Å². The van der Waals surface area contributed by atoms with Crippen LogP contribution in [0.3, 0.4) is 0 Å². The molecule has 1 aromatic heterocycles. The van der Waals surface area contributed by atoms with Gasteiger partial charge in [0.2, 0.25) is 0 Å². The summed E-state index contributed by atoms with van der Waals surface area (Å²) < 4.78 is 25.0. The molecule has 1 aliphatic rings. The Bertz CT molecular complexity index is 1540. The van der Waals surface area contributed by atoms with Gasteiger partial charge >= 0.3 is 7.60 Å². The van der Waals surface area contributed by atoms with Crippen molar-refractivity contribution in [3.8, 4) is 22.4 Å². The Morgan fingerprint density at radius 3 is 2.17 bits per heavy atom. The van der Waals surface area contributed by atoms with E-state index in [0.717, 1.165) is 5.56 Å². The fourth-order valence-electron chi connectivity index (χ4n) is 4.49. The lowest BCUT2D eigenvalue weighted by molar-refractivity contribution is -0.384. The maximum absolute atomic E-state index is 13.8. The number of pyridine rings is 1. The Balaban J connectivity index is 1.88. The van der Waals surface area contributed by atoms with E-state index < -0.39 is 12.5 Å². The summed E-state index contributed by atoms with van der Waals surface area (Å²) in [6.07, 6.45) is 0. The average Bonchev–Trinajstić information content (AvgIpc) is 3.16. The number of benzene rings is 3. The van der Waals surface area contributed by atoms with E-state index in [2.05, 4.69) is 0 Å². The molecule has 0 radical (unpaired) electrons. The molecule has 176 valence electrons. The summed E-state index contributed by atoms with van der Waals surface area (Å²) in [6, 6.07) is 18.4. The molecule has 5 rings (SSSR count). The lowest BCUT2D eigenvalue weighted by atomic mass is 9.96. The van der Waals surface area contributed by atoms with E-state index in [-0.39, 0.29) is 24.7 Å². The van der Waals surface area contributed by atoms with Crippen molar-refractivity contribution in [1.82, 2.24) is 4.98 Å². The van der Waals surface area contributed by atoms with Gasteiger partial charge in [0.1, 0.15) is 0 Å². The number of nitrogens with zero attached hydrogens (tertiary/aromatic N) is 2. The van der Waals surface area contributed by atoms with Gasteiger partial charge in [-0.3, -0.25) is 19.5 Å². The lowest BCUT2D eigenvalue weighted by Crippen LogP contribution is -2.14. The van der Waals surface area contributed by atoms with Gasteiger partial charge in [0.05, 0.1) is 40.2 Å². The van der Waals surface area contributed by atoms with E-state index in [9.17, 15) is 19.5 Å². The first-order valence-electron chi connectivity index (χ1n) is 11.1. The molecule has 0 aliphatic heterocycles. The molecule has 0 atom stereocenters. The molecule has 8 nitrogen and oxygen atoms in total. The van der Waals surface area contributed by atoms with Crippen LogP contribution >= 0.6 is 7.60 Å². The molecule has 35 heavy (non-hydrogen) atoms. The minimum Gasteiger partial charge on any atom is -0.305 e. The van der Waals surface area contributed by atoms with E-state index in [1.54, 1.807) is 50.2 Å². The van der Waals surface area contributed by atoms with Crippen molar-refractivity contribution >= 4 is 35.3 Å². The molecule has 3 aromatic carbocycles. The molecular formula is C26H21N2O6P. The fraction of sp³-hybridized carbons (Fsp3) is 0.154. The third kappa shape index (κ3) is 3.67. The van der Waals surface area contributed by atoms with E-state index >= 15 is 0 Å². The minimum atomic E-state index is -3.71. The number of rotatable bonds is 7. The molecular weight excluding hydrogens is 467 g/mol. The van der Waals surface area contributed by atoms with E-state index in [1.165, 1.54) is 12.1 Å². The van der Waals surface area contributed by atoms with Crippen LogP contribution in [0.15, 0.2) is 66.7 Å². The van der Waals surface area contributed by atoms with Crippen LogP contribution in [0.5, 0.6) is 0 Å². The zero-order chi connectivity index (χ0) is 24.7. The summed E-state index contributed by atoms with van der Waals surface area (Å²) in [4.78, 5) is 29.1. The van der Waals surface area contributed by atoms with E-state index in [4.69, 9.17) is 14.0 Å². The molecule has 1 aliphatic carbocycles. The van der Waals surface area contributed by atoms with Gasteiger partial charge in [-0.2, -0.15) is 0 Å². The summed E-state index contributed by atoms with van der Waals surface area (Å²) in [5.74, 6) is -0.179. The van der Waals surface area contributed by atoms with Gasteiger partial charge in [-0.15, -0.1) is 0 Å². The predicted molar refractivity (Wildman–Crippen MR) is 133 cm³/mol. The summed E-state index contributed by atoms with van der Waals surface area (Å²) >= 11 is 0. The largest absolute Gasteiger partial charge is 0.363 e. The van der Waals surface area contributed by atoms with Gasteiger partial charge in [-0.05, 0) is 37.6 Å². The number of nitro groups is 1. The van der Waals surface area contributed by atoms with Crippen LogP contribution < -0.4 is 5.30 Å². The Morgan fingerprint density at radius 2 is 1.54 bits per heavy atom. The number of hydrogen-bond donors (Lipinski definition) is 0. The highest BCUT2D eigenvalue weighted by molar-refractivity contribution is 7.62. The normalized spacial score (nSPS) is 12.6. The maximum Gasteiger partial charge on any atom is 0.363 e. The number of carbonyl (C=O) groups is 1. The standard InChI is InChI=1S/C26H21N2O6P/c1-3-33-35(32,34-4-2)21-11-7-10-20-22-18-8-5-6-9-19(18)26(29)23(22)24(27-25(20)21)16-12-14-17(15-13-16)28(30)31/h5-15H,3-4H2,1-2H3. The van der Waals surface area contributed by atoms with Gasteiger partial charge in [-0.25, -0.2) is 4.98 Å². The topological polar surface area (TPSA) is 109 Å². The van der Waals surface area contributed by atoms with Gasteiger partial charge in [-0.1, -0.05) is 36.4 Å². The van der Waals surface area contributed by atoms with Crippen LogP contribution in [-0.4, -0.2) is 28.9 Å². The summed E-state index contributed by atoms with van der Waals surface area (Å²) in [5, 5.41) is 12.1. The zero-order valence-electron chi connectivity index (χ0n) is 19.1. The Labute approximate surface area is 201 Å². The van der Waals surface area contributed by atoms with Crippen LogP contribution in [0.4, 0.5) is 5.69 Å². The Morgan fingerprint density at radius 1 is 0.886 bits per heavy atom. The molecule has 4 aromatic rings. The summed E-state index contributed by atoms with van der Waals surface area (Å²) in [6.45, 7) is 3.82. The van der Waals surface area contributed by atoms with Gasteiger partial charge in [0.15, 0.2) is 5.78 Å². The molecule has 0 bridgehead atoms. The predicted octanol–water partition coefficient (Wildman–Crippen LogP) is 5.91. The van der Waals surface area contributed by atoms with Crippen molar-refractivity contribution in [2.75, 3.05) is 13.2 Å². The van der Waals surface area contributed by atoms with Gasteiger partial charge in [0, 0.05) is 34.2 Å². The molecule has 0 amide bonds. The summed E-state index contributed by atoms with van der Waals surface area (Å²) in [5.41, 5.74) is 3.61. The second kappa shape index (κ2) is 8.82. The van der Waals surface area contributed by atoms with Crippen LogP contribution in [0, 0.1) is 10.1 Å². The number of fused-ring (bicyclic) bond motifs is 5. The van der Waals surface area contributed by atoms with Crippen molar-refractivity contribution in [3.05, 3.63) is 88.0 Å². The molecule has 0 fully saturated rings. The number of non-ortho nitro benzene ring substituents is 1. The number of para-hydroxylation sites is 1. The van der Waals surface area contributed by atoms with Crippen molar-refractivity contribution in [1.29, 1.82) is 0 Å². The first-order chi connectivity index (χ1) is 16.9. The van der Waals surface area contributed by atoms with Crippen LogP contribution in [0.25, 0.3) is 33.3 Å². The average molecular weight is 488 g/mol. The monoisotopic (exact) mass is 488 g/mol. The second-order valence-electron chi connectivity index (χ2n) is 7.90. The highest BCUT2D eigenvalue weighted by Crippen LogP contribution is 2.51. The molecule has 0 saturated heterocycles. The number of hydrogen-bond acceptors (Lipinski definition) is 7. The molecule has 1 heterocycles. The fourth-order valence-corrected chi connectivity index (χ4v) is 6.22. The SMILES string of the molecule is CCOP(=O)(OCC)c1cccc2c3c(c(-c4ccc([N+](=O)[O-])cc4)nc12)C(=O)c1ccccc1-3. The van der Waals surface area contributed by atoms with Crippen LogP contribution in [0.1, 0.15) is 29.8 Å². The maximum atomic E-state index is 13.8. The Kier molecular flexibility index (Phi) is 5.81. The van der Waals surface area contributed by atoms with Crippen molar-refractivity contribution in [3.63, 3.8) is 0 Å². The third-order valence-corrected chi connectivity index (χ3v) is 8.05. The first-order valence-corrected chi connectivity index (χ1v) is 12.7. The van der Waals surface area contributed by atoms with Crippen molar-refractivity contribution in [2.45, 2.75) is 13.8 Å². The first kappa shape index (κ1) is 23.1. The summed E-state index contributed by atoms with van der Waals surface area (Å²) in [7, 11) is -3.71. The van der Waals surface area contributed by atoms with E-state index in [0.29, 0.717) is 44.2 Å². The molecule has 0 saturated carbocycles. The number of nitro benzene ring substituents is 1. The molecule has 9 heteroatoms. The van der Waals surface area contributed by atoms with Crippen LogP contribution in [0.2, 0.25) is 0 Å². The van der Waals surface area contributed by atoms with Crippen LogP contribution in [-0.2, 0) is 13.6 Å². The third-order valence-electron chi connectivity index (χ3n) is 5.91. The van der Waals surface area contributed by atoms with Gasteiger partial charge < -0.3 is 9.05 Å². The molecule has 0 spiro atoms. The quantitative estimate of drug-likeness (QED) is 0.159. The zero-order valence-corrected chi connectivity index (χ0v) is 20.0. The van der Waals surface area contributed by atoms with E-state index in [1.807, 2.05) is 18.2 Å². The number of carbonyl (C=O) groups excluding carboxylic acids is 1. The second-order valence-corrected chi connectivity index (χ2v) is 9.89. The minimum absolute atomic E-state index is 0.0707. The molecule has 0 unspecified atom stereocenters. The van der Waals surface area contributed by atoms with Gasteiger partial charge in [0.25, 0.3) is 5.69 Å². The lowest BCUT2D eigenvalue weighted by Gasteiger charge is -2.20. The number of aromatic nitrogens is 1. The highest BCUT2D eigenvalue weighted by Gasteiger charge is 2.36.